The van der Waals surface area contributed by atoms with Gasteiger partial charge in [-0.1, -0.05) is 0 Å². The summed E-state index contributed by atoms with van der Waals surface area (Å²) in [5.41, 5.74) is 0. The Hall–Kier alpha value is -0.837. The van der Waals surface area contributed by atoms with Crippen LogP contribution in [0.25, 0.3) is 0 Å². The van der Waals surface area contributed by atoms with Crippen molar-refractivity contribution in [2.75, 3.05) is 0 Å². The molecular weight excluding hydrogens is 257 g/mol. The summed E-state index contributed by atoms with van der Waals surface area (Å²) in [6, 6.07) is 0. The third-order valence-corrected chi connectivity index (χ3v) is 0.673. The molecule has 6 nitrogen and oxygen atoms in total. The monoisotopic (exact) mass is 272 g/mol. The Kier molecular flexibility index (Phi) is 14.8. The molecule has 0 aromatic heterocycles. The molecule has 0 spiro atoms. The van der Waals surface area contributed by atoms with Crippen LogP contribution in [0.4, 0.5) is 9.59 Å². The molecule has 0 saturated carbocycles. The summed E-state index contributed by atoms with van der Waals surface area (Å²) in [6.07, 6.45) is -2.88. The van der Waals surface area contributed by atoms with E-state index in [2.05, 4.69) is 9.47 Å². The molecule has 0 aliphatic heterocycles. The fourth-order valence-corrected chi connectivity index (χ4v) is 0.403. The fraction of sp³-hybridized carbons (Fsp3) is 0.750. The normalized spacial score (nSPS) is 8.40. The van der Waals surface area contributed by atoms with Crippen molar-refractivity contribution in [1.82, 2.24) is 0 Å². The van der Waals surface area contributed by atoms with Gasteiger partial charge in [0.05, 0.1) is 12.2 Å². The first kappa shape index (κ1) is 19.7. The average molecular weight is 274 g/mol. The maximum Gasteiger partial charge on any atom is 0.506 e. The van der Waals surface area contributed by atoms with Gasteiger partial charge in [0.15, 0.2) is 0 Å². The Balaban J connectivity index is -0.000000180. The minimum atomic E-state index is -1.21. The minimum Gasteiger partial charge on any atom is -0.450 e. The predicted molar refractivity (Wildman–Crippen MR) is 48.5 cm³/mol. The van der Waals surface area contributed by atoms with Gasteiger partial charge in [0.1, 0.15) is 0 Å². The first-order valence-corrected chi connectivity index (χ1v) is 4.04. The van der Waals surface area contributed by atoms with E-state index in [1.807, 2.05) is 0 Å². The number of hydrogen-bond donors (Lipinski definition) is 2. The van der Waals surface area contributed by atoms with Gasteiger partial charge in [-0.3, -0.25) is 0 Å². The molecule has 0 aromatic carbocycles. The molecule has 0 radical (unpaired) electrons. The molecule has 7 heteroatoms. The number of carbonyl (C=O) groups is 2. The second-order valence-electron chi connectivity index (χ2n) is 2.87. The summed E-state index contributed by atoms with van der Waals surface area (Å²) in [4.78, 5) is 19.2. The van der Waals surface area contributed by atoms with Gasteiger partial charge in [-0.15, -0.1) is 0 Å². The third kappa shape index (κ3) is 32.0. The third-order valence-electron chi connectivity index (χ3n) is 0.673. The van der Waals surface area contributed by atoms with E-state index in [1.165, 1.54) is 0 Å². The Bertz CT molecular complexity index is 160. The summed E-state index contributed by atoms with van der Waals surface area (Å²) in [7, 11) is 0. The molecule has 15 heavy (non-hydrogen) atoms. The molecule has 0 aliphatic carbocycles. The van der Waals surface area contributed by atoms with Crippen molar-refractivity contribution in [2.24, 2.45) is 0 Å². The second-order valence-corrected chi connectivity index (χ2v) is 2.87. The molecule has 2 N–H and O–H groups in total. The van der Waals surface area contributed by atoms with Gasteiger partial charge >= 0.3 is 12.3 Å². The topological polar surface area (TPSA) is 93.1 Å². The molecular formula is C8H16O6Zn. The molecule has 0 aromatic rings. The van der Waals surface area contributed by atoms with E-state index in [4.69, 9.17) is 10.2 Å². The van der Waals surface area contributed by atoms with Gasteiger partial charge < -0.3 is 19.7 Å². The standard InChI is InChI=1S/2C4H8O3.Zn/c2*1-3(2)7-4(5)6;/h2*3H,1-2H3,(H,5,6);. The van der Waals surface area contributed by atoms with E-state index >= 15 is 0 Å². The summed E-state index contributed by atoms with van der Waals surface area (Å²) in [5, 5.41) is 15.7. The quantitative estimate of drug-likeness (QED) is 0.592. The molecule has 0 atom stereocenters. The smallest absolute Gasteiger partial charge is 0.450 e. The predicted octanol–water partition coefficient (Wildman–Crippen LogP) is 2.18. The zero-order valence-corrected chi connectivity index (χ0v) is 12.4. The average Bonchev–Trinajstić information content (AvgIpc) is 1.79. The summed E-state index contributed by atoms with van der Waals surface area (Å²) in [6.45, 7) is 6.64. The largest absolute Gasteiger partial charge is 0.506 e. The van der Waals surface area contributed by atoms with E-state index < -0.39 is 12.3 Å². The molecule has 0 saturated heterocycles. The van der Waals surface area contributed by atoms with Crippen LogP contribution in [0.1, 0.15) is 27.7 Å². The molecule has 0 unspecified atom stereocenters. The van der Waals surface area contributed by atoms with E-state index in [0.717, 1.165) is 0 Å². The van der Waals surface area contributed by atoms with Crippen molar-refractivity contribution in [1.29, 1.82) is 0 Å². The SMILES string of the molecule is CC(C)OC(=O)O.CC(C)OC(=O)O.[Zn]. The Morgan fingerprint density at radius 3 is 1.07 bits per heavy atom. The van der Waals surface area contributed by atoms with E-state index in [1.54, 1.807) is 27.7 Å². The zero-order chi connectivity index (χ0) is 11.7. The number of hydrogen-bond acceptors (Lipinski definition) is 4. The molecule has 0 fully saturated rings. The number of rotatable bonds is 2. The van der Waals surface area contributed by atoms with Crippen LogP contribution in [-0.4, -0.2) is 34.7 Å². The second kappa shape index (κ2) is 11.2. The van der Waals surface area contributed by atoms with Crippen molar-refractivity contribution in [3.05, 3.63) is 0 Å². The zero-order valence-electron chi connectivity index (χ0n) is 9.39. The van der Waals surface area contributed by atoms with Gasteiger partial charge in [0, 0.05) is 19.5 Å². The van der Waals surface area contributed by atoms with Crippen molar-refractivity contribution in [3.8, 4) is 0 Å². The number of ether oxygens (including phenoxy) is 2. The van der Waals surface area contributed by atoms with Gasteiger partial charge in [-0.2, -0.15) is 0 Å². The van der Waals surface area contributed by atoms with Crippen LogP contribution in [0.3, 0.4) is 0 Å². The van der Waals surface area contributed by atoms with Gasteiger partial charge in [-0.25, -0.2) is 9.59 Å². The maximum absolute atomic E-state index is 9.59. The van der Waals surface area contributed by atoms with E-state index in [0.29, 0.717) is 0 Å². The van der Waals surface area contributed by atoms with Crippen LogP contribution in [0, 0.1) is 0 Å². The summed E-state index contributed by atoms with van der Waals surface area (Å²) in [5.74, 6) is 0. The van der Waals surface area contributed by atoms with Crippen LogP contribution >= 0.6 is 0 Å². The molecule has 86 valence electrons. The van der Waals surface area contributed by atoms with Crippen molar-refractivity contribution >= 4 is 12.3 Å². The first-order chi connectivity index (χ1) is 6.25. The van der Waals surface area contributed by atoms with Crippen LogP contribution in [0.15, 0.2) is 0 Å². The van der Waals surface area contributed by atoms with Gasteiger partial charge in [-0.05, 0) is 27.7 Å². The van der Waals surface area contributed by atoms with Crippen LogP contribution in [-0.2, 0) is 29.0 Å². The molecule has 0 amide bonds. The molecule has 0 rings (SSSR count). The maximum atomic E-state index is 9.59. The van der Waals surface area contributed by atoms with E-state index in [9.17, 15) is 9.59 Å². The van der Waals surface area contributed by atoms with Gasteiger partial charge in [0.2, 0.25) is 0 Å². The van der Waals surface area contributed by atoms with Crippen LogP contribution in [0.5, 0.6) is 0 Å². The first-order valence-electron chi connectivity index (χ1n) is 4.04. The Morgan fingerprint density at radius 2 is 1.07 bits per heavy atom. The van der Waals surface area contributed by atoms with Crippen LogP contribution < -0.4 is 0 Å². The number of carboxylic acid groups (broad SMARTS) is 2. The molecule has 0 bridgehead atoms. The summed E-state index contributed by atoms with van der Waals surface area (Å²) >= 11 is 0. The van der Waals surface area contributed by atoms with E-state index in [-0.39, 0.29) is 31.7 Å². The molecule has 0 aliphatic rings. The Morgan fingerprint density at radius 1 is 0.867 bits per heavy atom. The summed E-state index contributed by atoms with van der Waals surface area (Å²) < 4.78 is 8.33. The van der Waals surface area contributed by atoms with Crippen molar-refractivity contribution in [3.63, 3.8) is 0 Å². The minimum absolute atomic E-state index is 0. The van der Waals surface area contributed by atoms with Crippen LogP contribution in [0.2, 0.25) is 0 Å². The van der Waals surface area contributed by atoms with Crippen molar-refractivity contribution < 1.29 is 48.8 Å². The fourth-order valence-electron chi connectivity index (χ4n) is 0.403. The van der Waals surface area contributed by atoms with Crippen molar-refractivity contribution in [2.45, 2.75) is 39.9 Å². The molecule has 0 heterocycles. The Labute approximate surface area is 101 Å². The van der Waals surface area contributed by atoms with Gasteiger partial charge in [0.25, 0.3) is 0 Å².